The Morgan fingerprint density at radius 1 is 1.06 bits per heavy atom. The van der Waals surface area contributed by atoms with E-state index in [1.165, 1.54) is 18.3 Å². The Morgan fingerprint density at radius 2 is 1.76 bits per heavy atom. The minimum atomic E-state index is -3.76. The number of rotatable bonds is 7. The van der Waals surface area contributed by atoms with Crippen LogP contribution < -0.4 is 10.5 Å². The van der Waals surface area contributed by atoms with E-state index in [2.05, 4.69) is 24.4 Å². The maximum absolute atomic E-state index is 12.5. The van der Waals surface area contributed by atoms with E-state index in [9.17, 15) is 8.42 Å². The molecular formula is C22H19N7O2S3. The fourth-order valence-corrected chi connectivity index (χ4v) is 4.94. The first-order valence-electron chi connectivity index (χ1n) is 9.92. The minimum Gasteiger partial charge on any atom is -0.383 e. The number of para-hydroxylation sites is 1. The van der Waals surface area contributed by atoms with Gasteiger partial charge in [-0.2, -0.15) is 5.10 Å². The number of benzene rings is 2. The SMILES string of the molecule is Cc1nn(-c2ccccc2)c(N)c1C(=S)SN=Nc1ccc(S(=O)(=O)Nc2ccccn2)cc1. The second kappa shape index (κ2) is 10.1. The van der Waals surface area contributed by atoms with Crippen molar-refractivity contribution in [3.8, 4) is 5.69 Å². The molecule has 0 saturated carbocycles. The highest BCUT2D eigenvalue weighted by Gasteiger charge is 2.18. The number of thiocarbonyl (C=S) groups is 1. The quantitative estimate of drug-likeness (QED) is 0.202. The predicted molar refractivity (Wildman–Crippen MR) is 138 cm³/mol. The summed E-state index contributed by atoms with van der Waals surface area (Å²) in [6.07, 6.45) is 1.51. The van der Waals surface area contributed by atoms with Gasteiger partial charge in [0.05, 0.1) is 27.5 Å². The average Bonchev–Trinajstić information content (AvgIpc) is 3.14. The molecule has 4 rings (SSSR count). The molecule has 4 aromatic rings. The van der Waals surface area contributed by atoms with E-state index in [-0.39, 0.29) is 10.7 Å². The molecule has 172 valence electrons. The zero-order valence-corrected chi connectivity index (χ0v) is 20.3. The maximum atomic E-state index is 12.5. The molecule has 34 heavy (non-hydrogen) atoms. The number of aryl methyl sites for hydroxylation is 1. The van der Waals surface area contributed by atoms with E-state index >= 15 is 0 Å². The Kier molecular flexibility index (Phi) is 7.01. The summed E-state index contributed by atoms with van der Waals surface area (Å²) in [4.78, 5) is 4.05. The summed E-state index contributed by atoms with van der Waals surface area (Å²) in [7, 11) is -3.76. The zero-order valence-electron chi connectivity index (χ0n) is 17.9. The fourth-order valence-electron chi connectivity index (χ4n) is 3.03. The van der Waals surface area contributed by atoms with Crippen LogP contribution in [0.1, 0.15) is 11.3 Å². The molecule has 2 heterocycles. The van der Waals surface area contributed by atoms with Crippen LogP contribution in [0.3, 0.4) is 0 Å². The monoisotopic (exact) mass is 509 g/mol. The Labute approximate surface area is 206 Å². The first-order valence-corrected chi connectivity index (χ1v) is 12.6. The second-order valence-electron chi connectivity index (χ2n) is 6.97. The van der Waals surface area contributed by atoms with Crippen LogP contribution in [0.4, 0.5) is 17.3 Å². The van der Waals surface area contributed by atoms with Gasteiger partial charge in [-0.15, -0.1) is 9.63 Å². The number of aromatic nitrogens is 3. The lowest BCUT2D eigenvalue weighted by atomic mass is 10.2. The van der Waals surface area contributed by atoms with Crippen molar-refractivity contribution in [1.29, 1.82) is 0 Å². The van der Waals surface area contributed by atoms with Crippen LogP contribution >= 0.6 is 24.2 Å². The van der Waals surface area contributed by atoms with Gasteiger partial charge in [0, 0.05) is 18.1 Å². The molecule has 0 radical (unpaired) electrons. The van der Waals surface area contributed by atoms with Crippen molar-refractivity contribution < 1.29 is 8.42 Å². The van der Waals surface area contributed by atoms with Gasteiger partial charge in [-0.1, -0.05) is 36.5 Å². The van der Waals surface area contributed by atoms with E-state index in [1.54, 1.807) is 35.0 Å². The maximum Gasteiger partial charge on any atom is 0.263 e. The number of hydrogen-bond acceptors (Lipinski definition) is 9. The normalized spacial score (nSPS) is 11.6. The first kappa shape index (κ1) is 23.5. The molecular weight excluding hydrogens is 490 g/mol. The Balaban J connectivity index is 1.43. The zero-order chi connectivity index (χ0) is 24.1. The molecule has 0 saturated heterocycles. The van der Waals surface area contributed by atoms with Gasteiger partial charge in [0.1, 0.15) is 15.8 Å². The van der Waals surface area contributed by atoms with Crippen LogP contribution in [0.25, 0.3) is 5.69 Å². The van der Waals surface area contributed by atoms with E-state index in [0.717, 1.165) is 17.6 Å². The fraction of sp³-hybridized carbons (Fsp3) is 0.0455. The van der Waals surface area contributed by atoms with Crippen molar-refractivity contribution in [1.82, 2.24) is 14.8 Å². The highest BCUT2D eigenvalue weighted by Crippen LogP contribution is 2.28. The number of nitrogens with two attached hydrogens (primary N) is 1. The molecule has 3 N–H and O–H groups in total. The van der Waals surface area contributed by atoms with E-state index in [1.807, 2.05) is 37.3 Å². The molecule has 9 nitrogen and oxygen atoms in total. The van der Waals surface area contributed by atoms with E-state index < -0.39 is 10.0 Å². The third kappa shape index (κ3) is 5.30. The van der Waals surface area contributed by atoms with Crippen molar-refractivity contribution >= 4 is 55.7 Å². The summed E-state index contributed by atoms with van der Waals surface area (Å²) >= 11 is 6.48. The van der Waals surface area contributed by atoms with Gasteiger partial charge in [0.2, 0.25) is 0 Å². The van der Waals surface area contributed by atoms with Crippen molar-refractivity contribution in [2.45, 2.75) is 11.8 Å². The molecule has 2 aromatic heterocycles. The minimum absolute atomic E-state index is 0.0806. The first-order chi connectivity index (χ1) is 16.3. The molecule has 0 atom stereocenters. The van der Waals surface area contributed by atoms with Crippen molar-refractivity contribution in [2.75, 3.05) is 10.5 Å². The molecule has 2 aromatic carbocycles. The molecule has 0 spiro atoms. The number of nitrogen functional groups attached to an aromatic ring is 1. The lowest BCUT2D eigenvalue weighted by Gasteiger charge is -2.06. The number of sulfonamides is 1. The lowest BCUT2D eigenvalue weighted by molar-refractivity contribution is 0.601. The van der Waals surface area contributed by atoms with Gasteiger partial charge >= 0.3 is 0 Å². The molecule has 0 bridgehead atoms. The number of nitrogens with one attached hydrogen (secondary N) is 1. The van der Waals surface area contributed by atoms with Crippen LogP contribution in [0, 0.1) is 6.92 Å². The molecule has 0 aliphatic heterocycles. The summed E-state index contributed by atoms with van der Waals surface area (Å²) in [6.45, 7) is 1.83. The van der Waals surface area contributed by atoms with Gasteiger partial charge in [0.25, 0.3) is 10.0 Å². The third-order valence-electron chi connectivity index (χ3n) is 4.63. The second-order valence-corrected chi connectivity index (χ2v) is 10.1. The molecule has 0 unspecified atom stereocenters. The summed E-state index contributed by atoms with van der Waals surface area (Å²) in [5, 5.41) is 8.59. The molecule has 0 amide bonds. The van der Waals surface area contributed by atoms with Crippen molar-refractivity contribution in [3.63, 3.8) is 0 Å². The average molecular weight is 510 g/mol. The smallest absolute Gasteiger partial charge is 0.263 e. The van der Waals surface area contributed by atoms with Gasteiger partial charge < -0.3 is 5.73 Å². The van der Waals surface area contributed by atoms with Crippen LogP contribution in [0.15, 0.2) is 93.5 Å². The molecule has 0 fully saturated rings. The predicted octanol–water partition coefficient (Wildman–Crippen LogP) is 5.07. The summed E-state index contributed by atoms with van der Waals surface area (Å²) in [6, 6.07) is 20.5. The summed E-state index contributed by atoms with van der Waals surface area (Å²) < 4.78 is 33.5. The Bertz CT molecular complexity index is 1440. The Morgan fingerprint density at radius 3 is 2.44 bits per heavy atom. The third-order valence-corrected chi connectivity index (χ3v) is 6.96. The van der Waals surface area contributed by atoms with E-state index in [4.69, 9.17) is 18.0 Å². The number of anilines is 2. The number of nitrogens with zero attached hydrogens (tertiary/aromatic N) is 5. The largest absolute Gasteiger partial charge is 0.383 e. The molecule has 0 aliphatic rings. The van der Waals surface area contributed by atoms with Gasteiger partial charge in [-0.3, -0.25) is 4.72 Å². The Hall–Kier alpha value is -3.61. The standard InChI is InChI=1S/C22H19N7O2S3/c1-15-20(21(23)29(26-15)17-7-3-2-4-8-17)22(32)33-28-25-16-10-12-18(13-11-16)34(30,31)27-19-9-5-6-14-24-19/h2-14H,23H2,1H3,(H,24,27). The van der Waals surface area contributed by atoms with Crippen LogP contribution in [0.5, 0.6) is 0 Å². The van der Waals surface area contributed by atoms with Crippen molar-refractivity contribution in [3.05, 3.63) is 90.3 Å². The number of pyridine rings is 1. The highest BCUT2D eigenvalue weighted by molar-refractivity contribution is 8.22. The van der Waals surface area contributed by atoms with Crippen LogP contribution in [-0.4, -0.2) is 27.4 Å². The molecule has 12 heteroatoms. The molecule has 0 aliphatic carbocycles. The van der Waals surface area contributed by atoms with Gasteiger partial charge in [-0.05, 0) is 55.5 Å². The topological polar surface area (TPSA) is 128 Å². The number of hydrogen-bond donors (Lipinski definition) is 2. The summed E-state index contributed by atoms with van der Waals surface area (Å²) in [5.41, 5.74) is 8.91. The van der Waals surface area contributed by atoms with Gasteiger partial charge in [0.15, 0.2) is 0 Å². The summed E-state index contributed by atoms with van der Waals surface area (Å²) in [5.74, 6) is 0.660. The van der Waals surface area contributed by atoms with Crippen LogP contribution in [0.2, 0.25) is 0 Å². The van der Waals surface area contributed by atoms with Crippen molar-refractivity contribution in [2.24, 2.45) is 9.63 Å². The van der Waals surface area contributed by atoms with E-state index in [0.29, 0.717) is 27.0 Å². The van der Waals surface area contributed by atoms with Crippen LogP contribution in [-0.2, 0) is 10.0 Å². The van der Waals surface area contributed by atoms with Gasteiger partial charge in [-0.25, -0.2) is 18.1 Å². The lowest BCUT2D eigenvalue weighted by Crippen LogP contribution is -2.13. The highest BCUT2D eigenvalue weighted by atomic mass is 32.2.